The van der Waals surface area contributed by atoms with Gasteiger partial charge in [0.1, 0.15) is 32.7 Å². The minimum Gasteiger partial charge on any atom is -0.486 e. The summed E-state index contributed by atoms with van der Waals surface area (Å²) < 4.78 is 66.1. The van der Waals surface area contributed by atoms with E-state index in [1.165, 1.54) is 0 Å². The van der Waals surface area contributed by atoms with Gasteiger partial charge in [0.2, 0.25) is 11.8 Å². The maximum Gasteiger partial charge on any atom is 0.347 e. The number of rotatable bonds is 4. The molecule has 0 bridgehead atoms. The van der Waals surface area contributed by atoms with E-state index in [9.17, 15) is 14.4 Å². The van der Waals surface area contributed by atoms with Crippen LogP contribution in [0.15, 0.2) is 85.7 Å². The van der Waals surface area contributed by atoms with Crippen molar-refractivity contribution in [3.8, 4) is 45.9 Å². The minimum atomic E-state index is -0.750. The smallest absolute Gasteiger partial charge is 0.347 e. The van der Waals surface area contributed by atoms with Crippen LogP contribution < -0.4 is 30.2 Å². The Balaban J connectivity index is 0.000000182. The van der Waals surface area contributed by atoms with Crippen molar-refractivity contribution < 1.29 is 49.4 Å². The summed E-state index contributed by atoms with van der Waals surface area (Å²) in [5, 5.41) is 0.716. The van der Waals surface area contributed by atoms with Crippen molar-refractivity contribution in [1.29, 1.82) is 0 Å². The fourth-order valence-corrected chi connectivity index (χ4v) is 5.50. The number of carbonyl (C=O) groups is 1. The highest BCUT2D eigenvalue weighted by atomic mass is 32.1. The molecule has 0 fully saturated rings. The van der Waals surface area contributed by atoms with E-state index in [-0.39, 0.29) is 11.8 Å². The number of benzene rings is 4. The molecule has 0 amide bonds. The van der Waals surface area contributed by atoms with E-state index in [1.807, 2.05) is 32.0 Å². The lowest BCUT2D eigenvalue weighted by Crippen LogP contribution is -2.16. The SMILES string of the molecule is C=Cc1ccc(-c2nc3cc4c(cc3c(=O)o2)OCCO4)c(C)c1.Cc1cc(C=O)ccc1-c1nc2cc3c(cc2c(=O)o1)OCCO3.O=S=O.O=S=O. The molecule has 0 saturated carbocycles. The Morgan fingerprint density at radius 1 is 0.593 bits per heavy atom. The van der Waals surface area contributed by atoms with Crippen molar-refractivity contribution in [1.82, 2.24) is 9.97 Å². The Morgan fingerprint density at radius 2 is 0.963 bits per heavy atom. The number of carbonyl (C=O) groups excluding carboxylic acids is 1. The first-order chi connectivity index (χ1) is 26.1. The van der Waals surface area contributed by atoms with Crippen LogP contribution in [0.4, 0.5) is 0 Å². The average Bonchev–Trinajstić information content (AvgIpc) is 3.17. The molecule has 17 heteroatoms. The molecule has 2 aromatic heterocycles. The molecule has 2 aliphatic rings. The summed E-state index contributed by atoms with van der Waals surface area (Å²) in [5.74, 6) is 2.71. The van der Waals surface area contributed by atoms with Crippen molar-refractivity contribution in [2.24, 2.45) is 0 Å². The number of aromatic nitrogens is 2. The minimum absolute atomic E-state index is 0.208. The zero-order chi connectivity index (χ0) is 38.8. The molecule has 0 saturated heterocycles. The molecule has 0 N–H and O–H groups in total. The number of hydrogen-bond acceptors (Lipinski definition) is 15. The van der Waals surface area contributed by atoms with Crippen LogP contribution in [0.5, 0.6) is 23.0 Å². The molecule has 0 unspecified atom stereocenters. The van der Waals surface area contributed by atoms with E-state index < -0.39 is 34.4 Å². The van der Waals surface area contributed by atoms with Gasteiger partial charge in [-0.3, -0.25) is 4.79 Å². The highest BCUT2D eigenvalue weighted by Gasteiger charge is 2.19. The van der Waals surface area contributed by atoms with Crippen molar-refractivity contribution in [2.45, 2.75) is 13.8 Å². The fourth-order valence-electron chi connectivity index (χ4n) is 5.50. The molecule has 54 heavy (non-hydrogen) atoms. The number of nitrogens with zero attached hydrogens (tertiary/aromatic N) is 2. The topological polar surface area (TPSA) is 208 Å². The summed E-state index contributed by atoms with van der Waals surface area (Å²) in [6, 6.07) is 17.5. The van der Waals surface area contributed by atoms with E-state index in [0.717, 1.165) is 28.5 Å². The second kappa shape index (κ2) is 17.8. The third-order valence-electron chi connectivity index (χ3n) is 7.92. The predicted octanol–water partition coefficient (Wildman–Crippen LogP) is 4.98. The van der Waals surface area contributed by atoms with Gasteiger partial charge in [-0.2, -0.15) is 16.8 Å². The van der Waals surface area contributed by atoms with Crippen LogP contribution in [0.1, 0.15) is 27.0 Å². The number of ether oxygens (including phenoxy) is 4. The first-order valence-electron chi connectivity index (χ1n) is 15.8. The predicted molar refractivity (Wildman–Crippen MR) is 196 cm³/mol. The van der Waals surface area contributed by atoms with Gasteiger partial charge in [-0.05, 0) is 48.7 Å². The molecule has 276 valence electrons. The van der Waals surface area contributed by atoms with E-state index in [4.69, 9.17) is 44.6 Å². The van der Waals surface area contributed by atoms with Gasteiger partial charge in [0, 0.05) is 41.0 Å². The van der Waals surface area contributed by atoms with Gasteiger partial charge in [-0.25, -0.2) is 19.6 Å². The van der Waals surface area contributed by atoms with E-state index in [0.29, 0.717) is 82.4 Å². The Labute approximate surface area is 312 Å². The lowest BCUT2D eigenvalue weighted by Gasteiger charge is -2.18. The van der Waals surface area contributed by atoms with Crippen LogP contribution in [-0.4, -0.2) is 59.5 Å². The molecule has 15 nitrogen and oxygen atoms in total. The summed E-state index contributed by atoms with van der Waals surface area (Å²) in [6.45, 7) is 9.37. The quantitative estimate of drug-likeness (QED) is 0.216. The van der Waals surface area contributed by atoms with Crippen molar-refractivity contribution in [2.75, 3.05) is 26.4 Å². The summed E-state index contributed by atoms with van der Waals surface area (Å²) in [4.78, 5) is 44.5. The third kappa shape index (κ3) is 8.71. The van der Waals surface area contributed by atoms with Crippen molar-refractivity contribution in [3.63, 3.8) is 0 Å². The van der Waals surface area contributed by atoms with Crippen molar-refractivity contribution >= 4 is 57.3 Å². The molecular formula is C37H28N2O13S2. The molecule has 0 spiro atoms. The average molecular weight is 773 g/mol. The highest BCUT2D eigenvalue weighted by molar-refractivity contribution is 7.51. The number of hydrogen-bond donors (Lipinski definition) is 0. The van der Waals surface area contributed by atoms with Gasteiger partial charge in [-0.1, -0.05) is 30.9 Å². The molecule has 0 atom stereocenters. The number of aryl methyl sites for hydroxylation is 2. The lowest BCUT2D eigenvalue weighted by molar-refractivity contribution is 0.112. The Kier molecular flexibility index (Phi) is 12.7. The zero-order valence-corrected chi connectivity index (χ0v) is 30.1. The monoisotopic (exact) mass is 772 g/mol. The summed E-state index contributed by atoms with van der Waals surface area (Å²) in [5.41, 5.74) is 4.81. The largest absolute Gasteiger partial charge is 0.486 e. The normalized spacial score (nSPS) is 12.0. The maximum absolute atomic E-state index is 12.4. The van der Waals surface area contributed by atoms with Crippen LogP contribution in [0.25, 0.3) is 50.8 Å². The van der Waals surface area contributed by atoms with Crippen LogP contribution >= 0.6 is 0 Å². The Morgan fingerprint density at radius 3 is 1.33 bits per heavy atom. The lowest BCUT2D eigenvalue weighted by atomic mass is 10.0. The molecule has 2 aliphatic heterocycles. The van der Waals surface area contributed by atoms with Crippen LogP contribution in [0.2, 0.25) is 0 Å². The fraction of sp³-hybridized carbons (Fsp3) is 0.162. The second-order valence-electron chi connectivity index (χ2n) is 11.2. The number of aldehydes is 1. The molecule has 4 aromatic carbocycles. The van der Waals surface area contributed by atoms with Crippen molar-refractivity contribution in [3.05, 3.63) is 110 Å². The standard InChI is InChI=1S/C19H15NO4.C18H13NO5.2O2S/c1-3-12-4-5-13(11(2)8-12)18-20-15-10-17-16(22-6-7-23-17)9-14(15)19(21)24-18;1-10-6-11(9-20)2-3-12(10)17-19-14-8-16-15(22-4-5-23-16)7-13(14)18(21)24-17;2*1-3-2/h3-5,8-10H,1,6-7H2,2H3;2-3,6-9H,4-5H2,1H3;;. The highest BCUT2D eigenvalue weighted by Crippen LogP contribution is 2.35. The van der Waals surface area contributed by atoms with Gasteiger partial charge in [0.15, 0.2) is 23.0 Å². The summed E-state index contributed by atoms with van der Waals surface area (Å²) >= 11 is -1.50. The first kappa shape index (κ1) is 38.6. The molecule has 6 aromatic rings. The maximum atomic E-state index is 12.4. The summed E-state index contributed by atoms with van der Waals surface area (Å²) in [6.07, 6.45) is 2.54. The van der Waals surface area contributed by atoms with E-state index >= 15 is 0 Å². The van der Waals surface area contributed by atoms with Gasteiger partial charge in [0.05, 0.1) is 21.8 Å². The Hall–Kier alpha value is -6.59. The molecular weight excluding hydrogens is 745 g/mol. The van der Waals surface area contributed by atoms with Crippen LogP contribution in [0.3, 0.4) is 0 Å². The molecule has 0 radical (unpaired) electrons. The van der Waals surface area contributed by atoms with Gasteiger partial charge in [0.25, 0.3) is 0 Å². The van der Waals surface area contributed by atoms with Gasteiger partial charge in [-0.15, -0.1) is 0 Å². The Bertz CT molecular complexity index is 2410. The first-order valence-corrected chi connectivity index (χ1v) is 17.1. The molecule has 8 rings (SSSR count). The number of fused-ring (bicyclic) bond motifs is 4. The van der Waals surface area contributed by atoms with Gasteiger partial charge >= 0.3 is 34.4 Å². The van der Waals surface area contributed by atoms with E-state index in [1.54, 1.807) is 48.5 Å². The van der Waals surface area contributed by atoms with Crippen LogP contribution in [-0.2, 0) is 23.1 Å². The second-order valence-corrected chi connectivity index (χ2v) is 11.5. The van der Waals surface area contributed by atoms with Gasteiger partial charge < -0.3 is 27.8 Å². The van der Waals surface area contributed by atoms with Crippen LogP contribution in [0, 0.1) is 13.8 Å². The molecule has 0 aliphatic carbocycles. The third-order valence-corrected chi connectivity index (χ3v) is 7.92. The summed E-state index contributed by atoms with van der Waals surface area (Å²) in [7, 11) is 0. The zero-order valence-electron chi connectivity index (χ0n) is 28.5. The van der Waals surface area contributed by atoms with E-state index in [2.05, 4.69) is 16.5 Å². The molecule has 4 heterocycles.